The minimum Gasteiger partial charge on any atom is -0.369 e. The van der Waals surface area contributed by atoms with E-state index in [2.05, 4.69) is 66.8 Å². The second kappa shape index (κ2) is 13.2. The van der Waals surface area contributed by atoms with Gasteiger partial charge in [0.05, 0.1) is 11.4 Å². The van der Waals surface area contributed by atoms with Gasteiger partial charge in [-0.15, -0.1) is 0 Å². The van der Waals surface area contributed by atoms with Crippen molar-refractivity contribution in [2.45, 2.75) is 13.8 Å². The van der Waals surface area contributed by atoms with Crippen molar-refractivity contribution in [1.82, 2.24) is 14.9 Å². The fraction of sp³-hybridized carbons (Fsp3) is 0.212. The van der Waals surface area contributed by atoms with E-state index in [1.807, 2.05) is 50.2 Å². The van der Waals surface area contributed by atoms with Crippen LogP contribution in [0.5, 0.6) is 0 Å². The van der Waals surface area contributed by atoms with Gasteiger partial charge < -0.3 is 31.1 Å². The van der Waals surface area contributed by atoms with Gasteiger partial charge in [-0.3, -0.25) is 9.59 Å². The summed E-state index contributed by atoms with van der Waals surface area (Å²) in [6.07, 6.45) is 2.68. The number of nitrogens with zero attached hydrogens (tertiary/aromatic N) is 4. The highest BCUT2D eigenvalue weighted by Crippen LogP contribution is 2.28. The fourth-order valence-electron chi connectivity index (χ4n) is 4.91. The molecule has 0 saturated carbocycles. The maximum atomic E-state index is 13.5. The molecule has 1 aromatic heterocycles. The Morgan fingerprint density at radius 3 is 2.19 bits per heavy atom. The Labute approximate surface area is 251 Å². The normalized spacial score (nSPS) is 13.2. The van der Waals surface area contributed by atoms with Crippen LogP contribution < -0.4 is 26.2 Å². The largest absolute Gasteiger partial charge is 0.369 e. The summed E-state index contributed by atoms with van der Waals surface area (Å²) in [6.45, 7) is 11.5. The minimum atomic E-state index is -0.372. The molecule has 0 spiro atoms. The molecule has 0 radical (unpaired) electrons. The van der Waals surface area contributed by atoms with Crippen molar-refractivity contribution in [3.8, 4) is 0 Å². The smallest absolute Gasteiger partial charge is 0.261 e. The van der Waals surface area contributed by atoms with Crippen molar-refractivity contribution in [2.24, 2.45) is 0 Å². The number of nitrogens with one attached hydrogen (secondary N) is 4. The summed E-state index contributed by atoms with van der Waals surface area (Å²) in [5.74, 6) is -0.144. The molecule has 10 nitrogen and oxygen atoms in total. The predicted octanol–water partition coefficient (Wildman–Crippen LogP) is 5.71. The van der Waals surface area contributed by atoms with Gasteiger partial charge in [0.25, 0.3) is 5.91 Å². The van der Waals surface area contributed by atoms with Crippen LogP contribution in [-0.4, -0.2) is 59.9 Å². The number of hydrogen-bond donors (Lipinski definition) is 4. The van der Waals surface area contributed by atoms with Gasteiger partial charge in [0, 0.05) is 49.4 Å². The molecule has 0 unspecified atom stereocenters. The van der Waals surface area contributed by atoms with Crippen LogP contribution in [0.25, 0.3) is 0 Å². The maximum absolute atomic E-state index is 13.5. The Morgan fingerprint density at radius 1 is 0.837 bits per heavy atom. The van der Waals surface area contributed by atoms with E-state index >= 15 is 0 Å². The molecule has 0 bridgehead atoms. The van der Waals surface area contributed by atoms with E-state index in [0.29, 0.717) is 23.0 Å². The third-order valence-corrected chi connectivity index (χ3v) is 7.13. The molecular weight excluding hydrogens is 540 g/mol. The summed E-state index contributed by atoms with van der Waals surface area (Å²) in [4.78, 5) is 39.4. The molecule has 43 heavy (non-hydrogen) atoms. The van der Waals surface area contributed by atoms with Gasteiger partial charge in [-0.05, 0) is 86.6 Å². The van der Waals surface area contributed by atoms with Crippen molar-refractivity contribution >= 4 is 52.0 Å². The van der Waals surface area contributed by atoms with E-state index in [0.717, 1.165) is 43.0 Å². The number of carbonyl (C=O) groups excluding carboxylic acids is 2. The zero-order valence-corrected chi connectivity index (χ0v) is 24.6. The van der Waals surface area contributed by atoms with Crippen LogP contribution in [0.2, 0.25) is 0 Å². The molecule has 2 amide bonds. The van der Waals surface area contributed by atoms with Gasteiger partial charge in [0.15, 0.2) is 0 Å². The van der Waals surface area contributed by atoms with Crippen LogP contribution in [0.3, 0.4) is 0 Å². The first-order valence-corrected chi connectivity index (χ1v) is 14.1. The van der Waals surface area contributed by atoms with E-state index in [-0.39, 0.29) is 23.2 Å². The molecule has 5 rings (SSSR count). The maximum Gasteiger partial charge on any atom is 0.261 e. The van der Waals surface area contributed by atoms with Crippen LogP contribution in [0.15, 0.2) is 85.6 Å². The summed E-state index contributed by atoms with van der Waals surface area (Å²) in [5, 5.41) is 12.2. The number of carbonyl (C=O) groups is 2. The summed E-state index contributed by atoms with van der Waals surface area (Å²) in [7, 11) is 2.14. The predicted molar refractivity (Wildman–Crippen MR) is 174 cm³/mol. The number of hydrogen-bond acceptors (Lipinski definition) is 8. The Bertz CT molecular complexity index is 1610. The average molecular weight is 577 g/mol. The number of anilines is 7. The topological polar surface area (TPSA) is 115 Å². The van der Waals surface area contributed by atoms with Crippen LogP contribution in [0, 0.1) is 13.8 Å². The second-order valence-electron chi connectivity index (χ2n) is 10.6. The molecule has 1 aliphatic rings. The first kappa shape index (κ1) is 29.3. The monoisotopic (exact) mass is 576 g/mol. The number of rotatable bonds is 9. The van der Waals surface area contributed by atoms with Crippen LogP contribution in [0.4, 0.5) is 40.2 Å². The van der Waals surface area contributed by atoms with E-state index < -0.39 is 0 Å². The molecule has 3 aromatic carbocycles. The first-order chi connectivity index (χ1) is 20.8. The van der Waals surface area contributed by atoms with Crippen LogP contribution in [0.1, 0.15) is 21.5 Å². The quantitative estimate of drug-likeness (QED) is 0.187. The summed E-state index contributed by atoms with van der Waals surface area (Å²) >= 11 is 0. The highest BCUT2D eigenvalue weighted by Gasteiger charge is 2.18. The van der Waals surface area contributed by atoms with Crippen molar-refractivity contribution in [3.05, 3.63) is 102 Å². The molecule has 2 heterocycles. The standard InChI is InChI=1S/C33H36N8O2/c1-5-30(42)37-28-8-6-7-9-29(28)38-31-27(32(43)35-25-19-22(2)18-23(3)20-25)21-34-33(39-31)36-24-10-12-26(13-11-24)41-16-14-40(4)15-17-41/h5-13,18-21H,1,14-17H2,2-4H3,(H,35,43)(H,37,42)(H2,34,36,38,39). The SMILES string of the molecule is C=CC(=O)Nc1ccccc1Nc1nc(Nc2ccc(N3CCN(C)CC3)cc2)ncc1C(=O)Nc1cc(C)cc(C)c1. The summed E-state index contributed by atoms with van der Waals surface area (Å²) in [5.41, 5.74) is 6.04. The number of benzene rings is 3. The third kappa shape index (κ3) is 7.55. The second-order valence-corrected chi connectivity index (χ2v) is 10.6. The Morgan fingerprint density at radius 2 is 1.51 bits per heavy atom. The van der Waals surface area contributed by atoms with Gasteiger partial charge in [-0.1, -0.05) is 24.8 Å². The molecule has 10 heteroatoms. The van der Waals surface area contributed by atoms with E-state index in [1.165, 1.54) is 18.0 Å². The lowest BCUT2D eigenvalue weighted by atomic mass is 10.1. The van der Waals surface area contributed by atoms with Gasteiger partial charge in [0.1, 0.15) is 11.4 Å². The molecule has 0 aliphatic carbocycles. The van der Waals surface area contributed by atoms with E-state index in [9.17, 15) is 9.59 Å². The lowest BCUT2D eigenvalue weighted by molar-refractivity contribution is -0.111. The van der Waals surface area contributed by atoms with Gasteiger partial charge in [0.2, 0.25) is 11.9 Å². The number of amides is 2. The Balaban J connectivity index is 1.42. The van der Waals surface area contributed by atoms with E-state index in [1.54, 1.807) is 18.2 Å². The van der Waals surface area contributed by atoms with Crippen molar-refractivity contribution < 1.29 is 9.59 Å². The Hall–Kier alpha value is -5.22. The summed E-state index contributed by atoms with van der Waals surface area (Å²) in [6, 6.07) is 21.2. The number of para-hydroxylation sites is 2. The van der Waals surface area contributed by atoms with Crippen molar-refractivity contribution in [3.63, 3.8) is 0 Å². The van der Waals surface area contributed by atoms with Crippen molar-refractivity contribution in [2.75, 3.05) is 59.4 Å². The number of aromatic nitrogens is 2. The molecule has 1 saturated heterocycles. The highest BCUT2D eigenvalue weighted by molar-refractivity contribution is 6.08. The molecule has 4 N–H and O–H groups in total. The fourth-order valence-corrected chi connectivity index (χ4v) is 4.91. The first-order valence-electron chi connectivity index (χ1n) is 14.1. The number of aryl methyl sites for hydroxylation is 2. The third-order valence-electron chi connectivity index (χ3n) is 7.13. The van der Waals surface area contributed by atoms with Crippen LogP contribution >= 0.6 is 0 Å². The lowest BCUT2D eigenvalue weighted by Gasteiger charge is -2.34. The Kier molecular flexibility index (Phi) is 8.97. The molecule has 0 atom stereocenters. The zero-order valence-electron chi connectivity index (χ0n) is 24.6. The number of likely N-dealkylation sites (N-methyl/N-ethyl adjacent to an activating group) is 1. The van der Waals surface area contributed by atoms with Crippen molar-refractivity contribution in [1.29, 1.82) is 0 Å². The highest BCUT2D eigenvalue weighted by atomic mass is 16.2. The minimum absolute atomic E-state index is 0.236. The molecule has 4 aromatic rings. The average Bonchev–Trinajstić information content (AvgIpc) is 2.98. The molecule has 220 valence electrons. The molecule has 1 aliphatic heterocycles. The molecular formula is C33H36N8O2. The van der Waals surface area contributed by atoms with Crippen LogP contribution in [-0.2, 0) is 4.79 Å². The lowest BCUT2D eigenvalue weighted by Crippen LogP contribution is -2.44. The summed E-state index contributed by atoms with van der Waals surface area (Å²) < 4.78 is 0. The zero-order chi connectivity index (χ0) is 30.3. The van der Waals surface area contributed by atoms with Gasteiger partial charge in [-0.25, -0.2) is 4.98 Å². The van der Waals surface area contributed by atoms with Gasteiger partial charge >= 0.3 is 0 Å². The molecule has 1 fully saturated rings. The number of piperazine rings is 1. The van der Waals surface area contributed by atoms with Gasteiger partial charge in [-0.2, -0.15) is 4.98 Å². The van der Waals surface area contributed by atoms with E-state index in [4.69, 9.17) is 0 Å².